The van der Waals surface area contributed by atoms with Crippen LogP contribution in [0, 0.1) is 0 Å². The maximum atomic E-state index is 12.7. The summed E-state index contributed by atoms with van der Waals surface area (Å²) in [6.07, 6.45) is 4.33. The average Bonchev–Trinajstić information content (AvgIpc) is 3.45. The molecule has 4 nitrogen and oxygen atoms in total. The van der Waals surface area contributed by atoms with Crippen LogP contribution in [-0.4, -0.2) is 39.9 Å². The lowest BCUT2D eigenvalue weighted by Gasteiger charge is -2.27. The van der Waals surface area contributed by atoms with Crippen LogP contribution in [0.1, 0.15) is 56.9 Å². The number of nitrogens with zero attached hydrogens (tertiary/aromatic N) is 2. The Morgan fingerprint density at radius 2 is 1.77 bits per heavy atom. The van der Waals surface area contributed by atoms with Gasteiger partial charge >= 0.3 is 6.18 Å². The lowest BCUT2D eigenvalue weighted by molar-refractivity contribution is -0.137. The van der Waals surface area contributed by atoms with Crippen molar-refractivity contribution in [2.75, 3.05) is 11.1 Å². The Balaban J connectivity index is 0.00000256. The van der Waals surface area contributed by atoms with Crippen molar-refractivity contribution in [3.05, 3.63) is 29.8 Å². The van der Waals surface area contributed by atoms with Crippen LogP contribution in [0.5, 0.6) is 0 Å². The fraction of sp³-hybridized carbons (Fsp3) is 0.619. The number of anilines is 1. The molecule has 4 rings (SSSR count). The Bertz CT molecular complexity index is 762. The van der Waals surface area contributed by atoms with Crippen molar-refractivity contribution >= 4 is 40.9 Å². The second kappa shape index (κ2) is 9.81. The highest BCUT2D eigenvalue weighted by Crippen LogP contribution is 2.38. The van der Waals surface area contributed by atoms with Crippen molar-refractivity contribution in [3.8, 4) is 0 Å². The molecule has 2 aliphatic carbocycles. The van der Waals surface area contributed by atoms with Gasteiger partial charge in [0.25, 0.3) is 0 Å². The number of carbonyl (C=O) groups excluding carboxylic acids is 1. The number of aliphatic imine (C=N–C) groups is 1. The molecule has 166 valence electrons. The van der Waals surface area contributed by atoms with E-state index in [1.165, 1.54) is 31.4 Å². The van der Waals surface area contributed by atoms with Crippen LogP contribution in [0.15, 0.2) is 29.3 Å². The van der Waals surface area contributed by atoms with Gasteiger partial charge in [-0.2, -0.15) is 13.2 Å². The highest BCUT2D eigenvalue weighted by molar-refractivity contribution is 8.14. The van der Waals surface area contributed by atoms with Crippen LogP contribution in [-0.2, 0) is 11.0 Å². The molecule has 0 radical (unpaired) electrons. The minimum atomic E-state index is -4.37. The summed E-state index contributed by atoms with van der Waals surface area (Å²) in [6, 6.07) is 5.59. The molecule has 30 heavy (non-hydrogen) atoms. The maximum absolute atomic E-state index is 12.7. The van der Waals surface area contributed by atoms with Crippen LogP contribution in [0.2, 0.25) is 0 Å². The summed E-state index contributed by atoms with van der Waals surface area (Å²) >= 11 is 1.74. The predicted molar refractivity (Wildman–Crippen MR) is 117 cm³/mol. The number of thioether (sulfide) groups is 1. The van der Waals surface area contributed by atoms with E-state index in [1.54, 1.807) is 11.8 Å². The van der Waals surface area contributed by atoms with Gasteiger partial charge in [0, 0.05) is 29.9 Å². The minimum Gasteiger partial charge on any atom is -0.344 e. The van der Waals surface area contributed by atoms with Gasteiger partial charge in [-0.05, 0) is 49.9 Å². The Morgan fingerprint density at radius 1 is 1.10 bits per heavy atom. The molecule has 3 fully saturated rings. The average molecular weight is 462 g/mol. The van der Waals surface area contributed by atoms with Crippen molar-refractivity contribution in [2.45, 2.75) is 75.7 Å². The largest absolute Gasteiger partial charge is 0.416 e. The van der Waals surface area contributed by atoms with Crippen molar-refractivity contribution < 1.29 is 18.0 Å². The lowest BCUT2D eigenvalue weighted by atomic mass is 9.96. The highest BCUT2D eigenvalue weighted by atomic mass is 35.5. The molecule has 1 atom stereocenters. The van der Waals surface area contributed by atoms with Crippen molar-refractivity contribution in [3.63, 3.8) is 0 Å². The Morgan fingerprint density at radius 3 is 2.37 bits per heavy atom. The number of rotatable bonds is 5. The van der Waals surface area contributed by atoms with Crippen LogP contribution in [0.25, 0.3) is 0 Å². The molecule has 2 saturated carbocycles. The zero-order valence-corrected chi connectivity index (χ0v) is 18.3. The van der Waals surface area contributed by atoms with E-state index in [2.05, 4.69) is 10.2 Å². The van der Waals surface area contributed by atoms with Crippen LogP contribution >= 0.6 is 24.2 Å². The summed E-state index contributed by atoms with van der Waals surface area (Å²) < 4.78 is 38.0. The van der Waals surface area contributed by atoms with Gasteiger partial charge in [-0.15, -0.1) is 12.4 Å². The smallest absolute Gasteiger partial charge is 0.344 e. The van der Waals surface area contributed by atoms with Gasteiger partial charge in [-0.1, -0.05) is 31.0 Å². The third kappa shape index (κ3) is 5.84. The first kappa shape index (κ1) is 23.3. The van der Waals surface area contributed by atoms with Crippen molar-refractivity contribution in [2.24, 2.45) is 4.99 Å². The van der Waals surface area contributed by atoms with Gasteiger partial charge in [-0.25, -0.2) is 0 Å². The Labute approximate surface area is 185 Å². The van der Waals surface area contributed by atoms with E-state index in [4.69, 9.17) is 4.99 Å². The number of hydrogen-bond acceptors (Lipinski definition) is 3. The molecule has 1 amide bonds. The number of alkyl halides is 3. The van der Waals surface area contributed by atoms with E-state index in [-0.39, 0.29) is 24.4 Å². The quantitative estimate of drug-likeness (QED) is 0.609. The number of benzene rings is 1. The monoisotopic (exact) mass is 461 g/mol. The summed E-state index contributed by atoms with van der Waals surface area (Å²) in [5, 5.41) is 3.83. The molecule has 1 heterocycles. The van der Waals surface area contributed by atoms with E-state index in [9.17, 15) is 18.0 Å². The molecular formula is C21H27ClF3N3OS. The Kier molecular flexibility index (Phi) is 7.61. The summed E-state index contributed by atoms with van der Waals surface area (Å²) in [5.74, 6) is 0.669. The summed E-state index contributed by atoms with van der Waals surface area (Å²) in [5.41, 5.74) is -0.325. The molecule has 0 spiro atoms. The number of nitrogens with one attached hydrogen (secondary N) is 1. The molecule has 1 aromatic carbocycles. The maximum Gasteiger partial charge on any atom is 0.416 e. The normalized spacial score (nSPS) is 24.0. The molecule has 9 heteroatoms. The van der Waals surface area contributed by atoms with E-state index in [1.807, 2.05) is 0 Å². The lowest BCUT2D eigenvalue weighted by Crippen LogP contribution is -2.39. The minimum absolute atomic E-state index is 0. The number of amides is 1. The summed E-state index contributed by atoms with van der Waals surface area (Å²) in [4.78, 5) is 19.9. The predicted octanol–water partition coefficient (Wildman–Crippen LogP) is 5.72. The second-order valence-corrected chi connectivity index (χ2v) is 9.12. The van der Waals surface area contributed by atoms with E-state index in [0.717, 1.165) is 48.7 Å². The van der Waals surface area contributed by atoms with Gasteiger partial charge in [0.1, 0.15) is 0 Å². The molecule has 0 bridgehead atoms. The van der Waals surface area contributed by atoms with Crippen molar-refractivity contribution in [1.82, 2.24) is 4.90 Å². The fourth-order valence-electron chi connectivity index (χ4n) is 4.08. The first-order valence-corrected chi connectivity index (χ1v) is 11.3. The third-order valence-corrected chi connectivity index (χ3v) is 6.87. The molecular weight excluding hydrogens is 435 g/mol. The summed E-state index contributed by atoms with van der Waals surface area (Å²) in [6.45, 7) is 0. The molecule has 1 saturated heterocycles. The first-order chi connectivity index (χ1) is 13.9. The van der Waals surface area contributed by atoms with Gasteiger partial charge in [0.05, 0.1) is 11.6 Å². The van der Waals surface area contributed by atoms with E-state index in [0.29, 0.717) is 24.2 Å². The van der Waals surface area contributed by atoms with E-state index >= 15 is 0 Å². The molecule has 1 unspecified atom stereocenters. The van der Waals surface area contributed by atoms with Gasteiger partial charge in [0.15, 0.2) is 5.17 Å². The number of amidine groups is 1. The topological polar surface area (TPSA) is 44.7 Å². The van der Waals surface area contributed by atoms with Crippen LogP contribution in [0.4, 0.5) is 18.9 Å². The SMILES string of the molecule is Cl.O=C(CC1CS/C(=N\C2CCCCC2)N1C1CC1)Nc1ccc(C(F)(F)F)cc1. The zero-order valence-electron chi connectivity index (χ0n) is 16.7. The molecule has 1 aliphatic heterocycles. The standard InChI is InChI=1S/C21H26F3N3OS.ClH/c22-21(23,24)14-6-8-16(9-7-14)25-19(28)12-18-13-29-20(27(18)17-10-11-17)26-15-4-2-1-3-5-15;/h6-9,15,17-18H,1-5,10-13H2,(H,25,28);1H/b26-20-;. The molecule has 1 N–H and O–H groups in total. The van der Waals surface area contributed by atoms with Gasteiger partial charge in [-0.3, -0.25) is 9.79 Å². The van der Waals surface area contributed by atoms with Gasteiger partial charge in [0.2, 0.25) is 5.91 Å². The van der Waals surface area contributed by atoms with Crippen LogP contribution < -0.4 is 5.32 Å². The summed E-state index contributed by atoms with van der Waals surface area (Å²) in [7, 11) is 0. The number of halogens is 4. The highest BCUT2D eigenvalue weighted by Gasteiger charge is 2.41. The van der Waals surface area contributed by atoms with E-state index < -0.39 is 11.7 Å². The number of hydrogen-bond donors (Lipinski definition) is 1. The van der Waals surface area contributed by atoms with Gasteiger partial charge < -0.3 is 10.2 Å². The van der Waals surface area contributed by atoms with Crippen LogP contribution in [0.3, 0.4) is 0 Å². The molecule has 1 aromatic rings. The molecule has 0 aromatic heterocycles. The number of carbonyl (C=O) groups is 1. The third-order valence-electron chi connectivity index (χ3n) is 5.74. The molecule has 3 aliphatic rings. The fourth-order valence-corrected chi connectivity index (χ4v) is 5.38. The Hall–Kier alpha value is -1.41. The zero-order chi connectivity index (χ0) is 20.4. The second-order valence-electron chi connectivity index (χ2n) is 8.13. The van der Waals surface area contributed by atoms with Crippen molar-refractivity contribution in [1.29, 1.82) is 0 Å². The first-order valence-electron chi connectivity index (χ1n) is 10.4.